The molecule has 0 saturated carbocycles. The molecule has 4 nitrogen and oxygen atoms in total. The monoisotopic (exact) mass is 328 g/mol. The molecule has 0 bridgehead atoms. The minimum Gasteiger partial charge on any atom is -0.306 e. The minimum absolute atomic E-state index is 0.0996. The van der Waals surface area contributed by atoms with Crippen LogP contribution in [0.4, 0.5) is 0 Å². The first-order valence-corrected chi connectivity index (χ1v) is 7.41. The first-order chi connectivity index (χ1) is 8.42. The maximum atomic E-state index is 4.17. The number of hydrogen-bond donors (Lipinski definition) is 1. The van der Waals surface area contributed by atoms with Crippen molar-refractivity contribution < 1.29 is 0 Å². The third kappa shape index (κ3) is 4.19. The Morgan fingerprint density at radius 2 is 2.17 bits per heavy atom. The van der Waals surface area contributed by atoms with Crippen LogP contribution in [-0.4, -0.2) is 20.5 Å². The number of nitrogens with zero attached hydrogens (tertiary/aromatic N) is 3. The van der Waals surface area contributed by atoms with Crippen molar-refractivity contribution in [1.29, 1.82) is 0 Å². The lowest BCUT2D eigenvalue weighted by Crippen LogP contribution is -2.35. The topological polar surface area (TPSA) is 42.7 Å². The smallest absolute Gasteiger partial charge is 0.0965 e. The highest BCUT2D eigenvalue weighted by molar-refractivity contribution is 9.11. The van der Waals surface area contributed by atoms with Gasteiger partial charge < -0.3 is 5.32 Å². The van der Waals surface area contributed by atoms with Crippen molar-refractivity contribution in [3.05, 3.63) is 32.7 Å². The summed E-state index contributed by atoms with van der Waals surface area (Å²) >= 11 is 5.18. The van der Waals surface area contributed by atoms with E-state index in [4.69, 9.17) is 0 Å². The number of halogens is 1. The van der Waals surface area contributed by atoms with E-state index in [0.717, 1.165) is 22.6 Å². The van der Waals surface area contributed by atoms with Crippen LogP contribution in [-0.2, 0) is 13.1 Å². The molecule has 0 radical (unpaired) electrons. The summed E-state index contributed by atoms with van der Waals surface area (Å²) in [6.45, 7) is 7.94. The lowest BCUT2D eigenvalue weighted by atomic mass is 10.1. The molecule has 18 heavy (non-hydrogen) atoms. The molecular formula is C12H17BrN4S. The van der Waals surface area contributed by atoms with Gasteiger partial charge in [0.15, 0.2) is 0 Å². The Morgan fingerprint density at radius 1 is 1.39 bits per heavy atom. The maximum Gasteiger partial charge on any atom is 0.0965 e. The number of rotatable bonds is 4. The summed E-state index contributed by atoms with van der Waals surface area (Å²) in [7, 11) is 0. The highest BCUT2D eigenvalue weighted by Gasteiger charge is 2.10. The highest BCUT2D eigenvalue weighted by atomic mass is 79.9. The van der Waals surface area contributed by atoms with E-state index in [-0.39, 0.29) is 5.54 Å². The molecule has 0 aliphatic carbocycles. The molecule has 0 fully saturated rings. The molecule has 0 aromatic carbocycles. The molecule has 0 aliphatic rings. The standard InChI is InChI=1S/C12H17BrN4S/c1-12(2,3)14-6-9-7-17(16-15-9)8-10-4-5-11(13)18-10/h4-5,7,14H,6,8H2,1-3H3. The maximum absolute atomic E-state index is 4.17. The normalized spacial score (nSPS) is 12.0. The van der Waals surface area contributed by atoms with E-state index >= 15 is 0 Å². The van der Waals surface area contributed by atoms with Crippen LogP contribution < -0.4 is 5.32 Å². The first-order valence-electron chi connectivity index (χ1n) is 5.81. The van der Waals surface area contributed by atoms with Gasteiger partial charge in [0.2, 0.25) is 0 Å². The Hall–Kier alpha value is -0.720. The van der Waals surface area contributed by atoms with Gasteiger partial charge in [0.1, 0.15) is 0 Å². The van der Waals surface area contributed by atoms with E-state index in [1.165, 1.54) is 4.88 Å². The van der Waals surface area contributed by atoms with E-state index in [1.54, 1.807) is 11.3 Å². The third-order valence-electron chi connectivity index (χ3n) is 2.33. The van der Waals surface area contributed by atoms with E-state index in [1.807, 2.05) is 10.9 Å². The van der Waals surface area contributed by atoms with Gasteiger partial charge in [-0.3, -0.25) is 0 Å². The fourth-order valence-electron chi connectivity index (χ4n) is 1.45. The van der Waals surface area contributed by atoms with Gasteiger partial charge >= 0.3 is 0 Å². The zero-order valence-electron chi connectivity index (χ0n) is 10.8. The molecule has 0 spiro atoms. The molecule has 0 unspecified atom stereocenters. The van der Waals surface area contributed by atoms with Crippen molar-refractivity contribution in [3.63, 3.8) is 0 Å². The molecule has 0 atom stereocenters. The van der Waals surface area contributed by atoms with Crippen LogP contribution in [0.5, 0.6) is 0 Å². The molecule has 98 valence electrons. The van der Waals surface area contributed by atoms with E-state index in [2.05, 4.69) is 64.5 Å². The average Bonchev–Trinajstić information content (AvgIpc) is 2.85. The van der Waals surface area contributed by atoms with Crippen LogP contribution in [0.2, 0.25) is 0 Å². The van der Waals surface area contributed by atoms with Crippen molar-refractivity contribution in [2.45, 2.75) is 39.4 Å². The second-order valence-electron chi connectivity index (χ2n) is 5.22. The predicted octanol–water partition coefficient (Wildman–Crippen LogP) is 3.04. The number of aromatic nitrogens is 3. The minimum atomic E-state index is 0.0996. The molecule has 0 aliphatic heterocycles. The Morgan fingerprint density at radius 3 is 2.78 bits per heavy atom. The van der Waals surface area contributed by atoms with Crippen molar-refractivity contribution >= 4 is 27.3 Å². The lowest BCUT2D eigenvalue weighted by molar-refractivity contribution is 0.421. The summed E-state index contributed by atoms with van der Waals surface area (Å²) in [6.07, 6.45) is 1.99. The summed E-state index contributed by atoms with van der Waals surface area (Å²) < 4.78 is 3.02. The van der Waals surface area contributed by atoms with Crippen LogP contribution in [0.1, 0.15) is 31.3 Å². The molecule has 0 amide bonds. The van der Waals surface area contributed by atoms with Gasteiger partial charge in [-0.05, 0) is 48.8 Å². The van der Waals surface area contributed by atoms with Gasteiger partial charge in [-0.25, -0.2) is 4.68 Å². The second-order valence-corrected chi connectivity index (χ2v) is 7.76. The van der Waals surface area contributed by atoms with Gasteiger partial charge in [-0.1, -0.05) is 5.21 Å². The molecule has 2 aromatic rings. The predicted molar refractivity (Wildman–Crippen MR) is 77.7 cm³/mol. The third-order valence-corrected chi connectivity index (χ3v) is 3.94. The lowest BCUT2D eigenvalue weighted by Gasteiger charge is -2.19. The summed E-state index contributed by atoms with van der Waals surface area (Å²) in [4.78, 5) is 1.27. The SMILES string of the molecule is CC(C)(C)NCc1cn(Cc2ccc(Br)s2)nn1. The summed E-state index contributed by atoms with van der Waals surface area (Å²) in [5.74, 6) is 0. The summed E-state index contributed by atoms with van der Waals surface area (Å²) in [5, 5.41) is 11.7. The van der Waals surface area contributed by atoms with Crippen LogP contribution >= 0.6 is 27.3 Å². The van der Waals surface area contributed by atoms with Gasteiger partial charge in [-0.15, -0.1) is 16.4 Å². The molecule has 2 heterocycles. The van der Waals surface area contributed by atoms with Crippen LogP contribution in [0.25, 0.3) is 0 Å². The highest BCUT2D eigenvalue weighted by Crippen LogP contribution is 2.22. The van der Waals surface area contributed by atoms with Crippen molar-refractivity contribution in [2.75, 3.05) is 0 Å². The quantitative estimate of drug-likeness (QED) is 0.938. The van der Waals surface area contributed by atoms with Crippen LogP contribution in [0.15, 0.2) is 22.1 Å². The van der Waals surface area contributed by atoms with Gasteiger partial charge in [0.05, 0.1) is 22.2 Å². The summed E-state index contributed by atoms with van der Waals surface area (Å²) in [6, 6.07) is 4.16. The summed E-state index contributed by atoms with van der Waals surface area (Å²) in [5.41, 5.74) is 1.07. The van der Waals surface area contributed by atoms with Gasteiger partial charge in [0, 0.05) is 17.0 Å². The molecule has 2 aromatic heterocycles. The fourth-order valence-corrected chi connectivity index (χ4v) is 2.92. The first kappa shape index (κ1) is 13.7. The number of hydrogen-bond acceptors (Lipinski definition) is 4. The fraction of sp³-hybridized carbons (Fsp3) is 0.500. The Kier molecular flexibility index (Phi) is 4.19. The van der Waals surface area contributed by atoms with Crippen molar-refractivity contribution in [1.82, 2.24) is 20.3 Å². The zero-order valence-corrected chi connectivity index (χ0v) is 13.2. The molecule has 6 heteroatoms. The second kappa shape index (κ2) is 5.50. The van der Waals surface area contributed by atoms with Crippen molar-refractivity contribution in [2.24, 2.45) is 0 Å². The van der Waals surface area contributed by atoms with E-state index < -0.39 is 0 Å². The van der Waals surface area contributed by atoms with Crippen LogP contribution in [0, 0.1) is 0 Å². The molecule has 1 N–H and O–H groups in total. The largest absolute Gasteiger partial charge is 0.306 e. The van der Waals surface area contributed by atoms with Crippen LogP contribution in [0.3, 0.4) is 0 Å². The van der Waals surface area contributed by atoms with E-state index in [9.17, 15) is 0 Å². The average molecular weight is 329 g/mol. The van der Waals surface area contributed by atoms with Crippen molar-refractivity contribution in [3.8, 4) is 0 Å². The van der Waals surface area contributed by atoms with Gasteiger partial charge in [0.25, 0.3) is 0 Å². The number of nitrogens with one attached hydrogen (secondary N) is 1. The zero-order chi connectivity index (χ0) is 13.2. The Balaban J connectivity index is 1.94. The van der Waals surface area contributed by atoms with Gasteiger partial charge in [-0.2, -0.15) is 0 Å². The molecule has 0 saturated heterocycles. The molecular weight excluding hydrogens is 312 g/mol. The van der Waals surface area contributed by atoms with E-state index in [0.29, 0.717) is 0 Å². The molecule has 2 rings (SSSR count). The Labute approximate surface area is 120 Å². The number of thiophene rings is 1. The Bertz CT molecular complexity index is 512.